The summed E-state index contributed by atoms with van der Waals surface area (Å²) in [6.07, 6.45) is 10.5. The van der Waals surface area contributed by atoms with Gasteiger partial charge in [0.15, 0.2) is 0 Å². The summed E-state index contributed by atoms with van der Waals surface area (Å²) in [5, 5.41) is 0. The third-order valence-electron chi connectivity index (χ3n) is 3.19. The molecule has 92 valence electrons. The minimum Gasteiger partial charge on any atom is -0.357 e. The van der Waals surface area contributed by atoms with Crippen molar-refractivity contribution in [2.75, 3.05) is 18.0 Å². The Morgan fingerprint density at radius 2 is 1.67 bits per heavy atom. The van der Waals surface area contributed by atoms with Crippen molar-refractivity contribution in [2.24, 2.45) is 0 Å². The molecule has 0 saturated carbocycles. The molecule has 0 radical (unpaired) electrons. The first-order chi connectivity index (χ1) is 8.93. The van der Waals surface area contributed by atoms with Crippen molar-refractivity contribution in [2.45, 2.75) is 19.3 Å². The van der Waals surface area contributed by atoms with Crippen LogP contribution in [0.3, 0.4) is 0 Å². The van der Waals surface area contributed by atoms with Gasteiger partial charge in [-0.2, -0.15) is 0 Å². The zero-order valence-corrected chi connectivity index (χ0v) is 10.2. The molecule has 2 aromatic rings. The van der Waals surface area contributed by atoms with Crippen molar-refractivity contribution >= 4 is 5.82 Å². The third-order valence-corrected chi connectivity index (χ3v) is 3.19. The summed E-state index contributed by atoms with van der Waals surface area (Å²) >= 11 is 0. The van der Waals surface area contributed by atoms with Crippen LogP contribution in [-0.4, -0.2) is 33.0 Å². The first kappa shape index (κ1) is 11.1. The fraction of sp³-hybridized carbons (Fsp3) is 0.385. The standard InChI is InChI=1S/C13H15N5/c1-2-4-18(5-3-1)13-6-12(16-10-17-13)11-7-14-9-15-8-11/h6-10H,1-5H2. The second-order valence-electron chi connectivity index (χ2n) is 4.44. The second-order valence-corrected chi connectivity index (χ2v) is 4.44. The number of anilines is 1. The second kappa shape index (κ2) is 5.08. The van der Waals surface area contributed by atoms with Crippen molar-refractivity contribution in [1.82, 2.24) is 19.9 Å². The van der Waals surface area contributed by atoms with Crippen molar-refractivity contribution in [3.05, 3.63) is 31.1 Å². The van der Waals surface area contributed by atoms with Crippen molar-refractivity contribution in [3.63, 3.8) is 0 Å². The number of piperidine rings is 1. The van der Waals surface area contributed by atoms with Crippen LogP contribution in [0.4, 0.5) is 5.82 Å². The molecule has 0 aliphatic carbocycles. The molecule has 18 heavy (non-hydrogen) atoms. The van der Waals surface area contributed by atoms with E-state index in [9.17, 15) is 0 Å². The normalized spacial score (nSPS) is 15.7. The Labute approximate surface area is 106 Å². The average molecular weight is 241 g/mol. The Hall–Kier alpha value is -2.04. The quantitative estimate of drug-likeness (QED) is 0.804. The Morgan fingerprint density at radius 1 is 0.889 bits per heavy atom. The van der Waals surface area contributed by atoms with Crippen LogP contribution in [0.15, 0.2) is 31.1 Å². The lowest BCUT2D eigenvalue weighted by molar-refractivity contribution is 0.573. The lowest BCUT2D eigenvalue weighted by Gasteiger charge is -2.27. The van der Waals surface area contributed by atoms with Crippen LogP contribution in [0.1, 0.15) is 19.3 Å². The van der Waals surface area contributed by atoms with E-state index >= 15 is 0 Å². The molecule has 0 spiro atoms. The minimum atomic E-state index is 0.881. The highest BCUT2D eigenvalue weighted by molar-refractivity contribution is 5.60. The summed E-state index contributed by atoms with van der Waals surface area (Å²) < 4.78 is 0. The van der Waals surface area contributed by atoms with Crippen LogP contribution in [0.25, 0.3) is 11.3 Å². The molecule has 3 rings (SSSR count). The molecular formula is C13H15N5. The molecule has 0 atom stereocenters. The molecule has 2 aromatic heterocycles. The van der Waals surface area contributed by atoms with Crippen molar-refractivity contribution < 1.29 is 0 Å². The maximum absolute atomic E-state index is 4.36. The van der Waals surface area contributed by atoms with Gasteiger partial charge in [0.05, 0.1) is 5.69 Å². The monoisotopic (exact) mass is 241 g/mol. The number of aromatic nitrogens is 4. The van der Waals surface area contributed by atoms with Gasteiger partial charge in [0.25, 0.3) is 0 Å². The maximum Gasteiger partial charge on any atom is 0.132 e. The number of hydrogen-bond donors (Lipinski definition) is 0. The van der Waals surface area contributed by atoms with Gasteiger partial charge < -0.3 is 4.90 Å². The lowest BCUT2D eigenvalue weighted by atomic mass is 10.1. The van der Waals surface area contributed by atoms with E-state index in [1.807, 2.05) is 6.07 Å². The van der Waals surface area contributed by atoms with Crippen LogP contribution >= 0.6 is 0 Å². The topological polar surface area (TPSA) is 54.8 Å². The van der Waals surface area contributed by atoms with E-state index in [0.717, 1.165) is 30.2 Å². The Balaban J connectivity index is 1.89. The molecule has 0 amide bonds. The van der Waals surface area contributed by atoms with E-state index < -0.39 is 0 Å². The van der Waals surface area contributed by atoms with Gasteiger partial charge in [0.1, 0.15) is 18.5 Å². The molecule has 0 aromatic carbocycles. The van der Waals surface area contributed by atoms with Gasteiger partial charge >= 0.3 is 0 Å². The van der Waals surface area contributed by atoms with Crippen molar-refractivity contribution in [3.8, 4) is 11.3 Å². The summed E-state index contributed by atoms with van der Waals surface area (Å²) in [6, 6.07) is 2.02. The number of nitrogens with zero attached hydrogens (tertiary/aromatic N) is 5. The van der Waals surface area contributed by atoms with Gasteiger partial charge in [-0.1, -0.05) is 0 Å². The zero-order valence-electron chi connectivity index (χ0n) is 10.2. The highest BCUT2D eigenvalue weighted by Gasteiger charge is 2.13. The van der Waals surface area contributed by atoms with Crippen LogP contribution in [-0.2, 0) is 0 Å². The van der Waals surface area contributed by atoms with Crippen molar-refractivity contribution in [1.29, 1.82) is 0 Å². The van der Waals surface area contributed by atoms with E-state index in [1.165, 1.54) is 25.6 Å². The van der Waals surface area contributed by atoms with E-state index in [1.54, 1.807) is 18.7 Å². The molecule has 0 N–H and O–H groups in total. The molecule has 3 heterocycles. The summed E-state index contributed by atoms with van der Waals surface area (Å²) in [7, 11) is 0. The Bertz CT molecular complexity index is 508. The minimum absolute atomic E-state index is 0.881. The van der Waals surface area contributed by atoms with E-state index in [2.05, 4.69) is 24.8 Å². The van der Waals surface area contributed by atoms with E-state index in [0.29, 0.717) is 0 Å². The van der Waals surface area contributed by atoms with Gasteiger partial charge in [0, 0.05) is 37.1 Å². The van der Waals surface area contributed by atoms with E-state index in [-0.39, 0.29) is 0 Å². The lowest BCUT2D eigenvalue weighted by Crippen LogP contribution is -2.30. The smallest absolute Gasteiger partial charge is 0.132 e. The molecule has 1 aliphatic heterocycles. The zero-order chi connectivity index (χ0) is 12.2. The van der Waals surface area contributed by atoms with Gasteiger partial charge in [-0.15, -0.1) is 0 Å². The highest BCUT2D eigenvalue weighted by Crippen LogP contribution is 2.21. The SMILES string of the molecule is c1ncc(-c2cc(N3CCCCC3)ncn2)cn1. The number of rotatable bonds is 2. The molecule has 1 aliphatic rings. The first-order valence-corrected chi connectivity index (χ1v) is 6.26. The molecule has 1 fully saturated rings. The molecule has 0 bridgehead atoms. The van der Waals surface area contributed by atoms with Crippen LogP contribution < -0.4 is 4.90 Å². The van der Waals surface area contributed by atoms with Gasteiger partial charge in [-0.05, 0) is 19.3 Å². The first-order valence-electron chi connectivity index (χ1n) is 6.26. The third kappa shape index (κ3) is 2.30. The average Bonchev–Trinajstić information content (AvgIpc) is 2.49. The maximum atomic E-state index is 4.36. The van der Waals surface area contributed by atoms with Gasteiger partial charge in [-0.3, -0.25) is 0 Å². The van der Waals surface area contributed by atoms with E-state index in [4.69, 9.17) is 0 Å². The Morgan fingerprint density at radius 3 is 2.44 bits per heavy atom. The fourth-order valence-corrected chi connectivity index (χ4v) is 2.23. The predicted octanol–water partition coefficient (Wildman–Crippen LogP) is 1.92. The highest BCUT2D eigenvalue weighted by atomic mass is 15.2. The molecule has 5 heteroatoms. The summed E-state index contributed by atoms with van der Waals surface area (Å²) in [4.78, 5) is 19.0. The van der Waals surface area contributed by atoms with Crippen LogP contribution in [0.2, 0.25) is 0 Å². The molecular weight excluding hydrogens is 226 g/mol. The predicted molar refractivity (Wildman–Crippen MR) is 69.1 cm³/mol. The summed E-state index contributed by atoms with van der Waals surface area (Å²) in [5.74, 6) is 1.00. The molecule has 5 nitrogen and oxygen atoms in total. The molecule has 1 saturated heterocycles. The molecule has 0 unspecified atom stereocenters. The largest absolute Gasteiger partial charge is 0.357 e. The Kier molecular flexibility index (Phi) is 3.12. The summed E-state index contributed by atoms with van der Waals surface area (Å²) in [6.45, 7) is 2.17. The van der Waals surface area contributed by atoms with Crippen LogP contribution in [0.5, 0.6) is 0 Å². The summed E-state index contributed by atoms with van der Waals surface area (Å²) in [5.41, 5.74) is 1.81. The number of hydrogen-bond acceptors (Lipinski definition) is 5. The fourth-order valence-electron chi connectivity index (χ4n) is 2.23. The van der Waals surface area contributed by atoms with Gasteiger partial charge in [-0.25, -0.2) is 19.9 Å². The van der Waals surface area contributed by atoms with Gasteiger partial charge in [0.2, 0.25) is 0 Å². The van der Waals surface area contributed by atoms with Crippen LogP contribution in [0, 0.1) is 0 Å².